The van der Waals surface area contributed by atoms with E-state index in [4.69, 9.17) is 11.6 Å². The zero-order chi connectivity index (χ0) is 17.1. The van der Waals surface area contributed by atoms with Gasteiger partial charge in [-0.25, -0.2) is 4.98 Å². The summed E-state index contributed by atoms with van der Waals surface area (Å²) in [7, 11) is 0. The van der Waals surface area contributed by atoms with Crippen molar-refractivity contribution in [2.75, 3.05) is 10.6 Å². The highest BCUT2D eigenvalue weighted by molar-refractivity contribution is 6.30. The maximum atomic E-state index is 12.6. The average Bonchev–Trinajstić information content (AvgIpc) is 2.55. The van der Waals surface area contributed by atoms with Crippen molar-refractivity contribution in [1.82, 2.24) is 4.98 Å². The number of nitrogens with zero attached hydrogens (tertiary/aromatic N) is 1. The van der Waals surface area contributed by atoms with Gasteiger partial charge in [0.05, 0.1) is 11.1 Å². The van der Waals surface area contributed by atoms with E-state index in [2.05, 4.69) is 15.6 Å². The van der Waals surface area contributed by atoms with Crippen LogP contribution in [0.25, 0.3) is 10.9 Å². The minimum atomic E-state index is -0.275. The Balaban J connectivity index is 1.86. The first-order valence-electron chi connectivity index (χ1n) is 7.27. The molecule has 24 heavy (non-hydrogen) atoms. The highest BCUT2D eigenvalue weighted by atomic mass is 35.5. The number of amides is 2. The van der Waals surface area contributed by atoms with Crippen LogP contribution in [-0.4, -0.2) is 16.8 Å². The van der Waals surface area contributed by atoms with Gasteiger partial charge in [0.25, 0.3) is 5.91 Å². The van der Waals surface area contributed by atoms with Gasteiger partial charge in [0, 0.05) is 23.7 Å². The number of pyridine rings is 1. The number of nitrogens with one attached hydrogen (secondary N) is 2. The molecule has 5 nitrogen and oxygen atoms in total. The third-order valence-corrected chi connectivity index (χ3v) is 3.59. The van der Waals surface area contributed by atoms with Gasteiger partial charge in [0.1, 0.15) is 5.15 Å². The van der Waals surface area contributed by atoms with E-state index in [0.717, 1.165) is 5.39 Å². The van der Waals surface area contributed by atoms with Gasteiger partial charge in [-0.15, -0.1) is 0 Å². The SMILES string of the molecule is CC(=O)Nc1ccc(NC(=O)c2cc(Cl)nc3ccccc23)cc1. The molecule has 0 saturated carbocycles. The minimum Gasteiger partial charge on any atom is -0.326 e. The van der Waals surface area contributed by atoms with Crippen molar-refractivity contribution in [3.05, 3.63) is 65.3 Å². The average molecular weight is 340 g/mol. The van der Waals surface area contributed by atoms with E-state index in [-0.39, 0.29) is 17.0 Å². The molecule has 0 radical (unpaired) electrons. The first kappa shape index (κ1) is 16.0. The highest BCUT2D eigenvalue weighted by Crippen LogP contribution is 2.22. The summed E-state index contributed by atoms with van der Waals surface area (Å²) in [5, 5.41) is 6.49. The smallest absolute Gasteiger partial charge is 0.256 e. The van der Waals surface area contributed by atoms with Crippen molar-refractivity contribution in [1.29, 1.82) is 0 Å². The van der Waals surface area contributed by atoms with E-state index in [1.165, 1.54) is 6.92 Å². The second-order valence-electron chi connectivity index (χ2n) is 5.22. The lowest BCUT2D eigenvalue weighted by Crippen LogP contribution is -2.13. The summed E-state index contributed by atoms with van der Waals surface area (Å²) in [4.78, 5) is 27.8. The third-order valence-electron chi connectivity index (χ3n) is 3.39. The molecule has 0 aliphatic rings. The molecule has 3 aromatic rings. The van der Waals surface area contributed by atoms with Gasteiger partial charge >= 0.3 is 0 Å². The zero-order valence-corrected chi connectivity index (χ0v) is 13.6. The highest BCUT2D eigenvalue weighted by Gasteiger charge is 2.12. The predicted octanol–water partition coefficient (Wildman–Crippen LogP) is 4.10. The van der Waals surface area contributed by atoms with E-state index < -0.39 is 0 Å². The number of carbonyl (C=O) groups is 2. The summed E-state index contributed by atoms with van der Waals surface area (Å²) < 4.78 is 0. The lowest BCUT2D eigenvalue weighted by molar-refractivity contribution is -0.114. The molecule has 2 N–H and O–H groups in total. The van der Waals surface area contributed by atoms with Crippen molar-refractivity contribution in [2.45, 2.75) is 6.92 Å². The zero-order valence-electron chi connectivity index (χ0n) is 12.8. The molecule has 3 rings (SSSR count). The maximum absolute atomic E-state index is 12.6. The largest absolute Gasteiger partial charge is 0.326 e. The van der Waals surface area contributed by atoms with Crippen molar-refractivity contribution in [3.63, 3.8) is 0 Å². The van der Waals surface area contributed by atoms with Crippen LogP contribution in [0.3, 0.4) is 0 Å². The van der Waals surface area contributed by atoms with Gasteiger partial charge in [-0.3, -0.25) is 9.59 Å². The fraction of sp³-hybridized carbons (Fsp3) is 0.0556. The van der Waals surface area contributed by atoms with Gasteiger partial charge in [-0.05, 0) is 36.4 Å². The van der Waals surface area contributed by atoms with E-state index in [9.17, 15) is 9.59 Å². The number of aromatic nitrogens is 1. The van der Waals surface area contributed by atoms with Crippen molar-refractivity contribution < 1.29 is 9.59 Å². The fourth-order valence-corrected chi connectivity index (χ4v) is 2.57. The molecule has 2 amide bonds. The number of hydrogen-bond donors (Lipinski definition) is 2. The first-order chi connectivity index (χ1) is 11.5. The van der Waals surface area contributed by atoms with Crippen LogP contribution >= 0.6 is 11.6 Å². The Hall–Kier alpha value is -2.92. The number of benzene rings is 2. The molecule has 120 valence electrons. The number of hydrogen-bond acceptors (Lipinski definition) is 3. The molecule has 0 aliphatic carbocycles. The predicted molar refractivity (Wildman–Crippen MR) is 95.5 cm³/mol. The molecule has 6 heteroatoms. The Bertz CT molecular complexity index is 923. The number of carbonyl (C=O) groups excluding carboxylic acids is 2. The normalized spacial score (nSPS) is 10.4. The van der Waals surface area contributed by atoms with Gasteiger partial charge < -0.3 is 10.6 Å². The third kappa shape index (κ3) is 3.52. The lowest BCUT2D eigenvalue weighted by Gasteiger charge is -2.09. The van der Waals surface area contributed by atoms with E-state index in [1.807, 2.05) is 18.2 Å². The molecule has 0 fully saturated rings. The molecular weight excluding hydrogens is 326 g/mol. The molecular formula is C18H14ClN3O2. The van der Waals surface area contributed by atoms with Crippen LogP contribution < -0.4 is 10.6 Å². The van der Waals surface area contributed by atoms with E-state index in [1.54, 1.807) is 36.4 Å². The molecule has 0 saturated heterocycles. The quantitative estimate of drug-likeness (QED) is 0.706. The monoisotopic (exact) mass is 339 g/mol. The molecule has 1 heterocycles. The summed E-state index contributed by atoms with van der Waals surface area (Å²) in [6.07, 6.45) is 0. The number of halogens is 1. The van der Waals surface area contributed by atoms with Crippen LogP contribution in [0, 0.1) is 0 Å². The Labute approximate surface area is 143 Å². The summed E-state index contributed by atoms with van der Waals surface area (Å²) in [5.41, 5.74) is 2.40. The standard InChI is InChI=1S/C18H14ClN3O2/c1-11(23)20-12-6-8-13(9-7-12)21-18(24)15-10-17(19)22-16-5-3-2-4-14(15)16/h2-10H,1H3,(H,20,23)(H,21,24). The van der Waals surface area contributed by atoms with E-state index >= 15 is 0 Å². The second-order valence-corrected chi connectivity index (χ2v) is 5.61. The molecule has 0 spiro atoms. The number of para-hydroxylation sites is 1. The summed E-state index contributed by atoms with van der Waals surface area (Å²) >= 11 is 6.01. The molecule has 0 bridgehead atoms. The summed E-state index contributed by atoms with van der Waals surface area (Å²) in [5.74, 6) is -0.424. The van der Waals surface area contributed by atoms with Gasteiger partial charge in [0.2, 0.25) is 5.91 Å². The summed E-state index contributed by atoms with van der Waals surface area (Å²) in [6, 6.07) is 15.7. The summed E-state index contributed by atoms with van der Waals surface area (Å²) in [6.45, 7) is 1.44. The fourth-order valence-electron chi connectivity index (χ4n) is 2.37. The Kier molecular flexibility index (Phi) is 4.44. The first-order valence-corrected chi connectivity index (χ1v) is 7.65. The van der Waals surface area contributed by atoms with E-state index in [0.29, 0.717) is 22.5 Å². The van der Waals surface area contributed by atoms with Gasteiger partial charge in [-0.1, -0.05) is 29.8 Å². The molecule has 2 aromatic carbocycles. The van der Waals surface area contributed by atoms with Crippen LogP contribution in [-0.2, 0) is 4.79 Å². The van der Waals surface area contributed by atoms with Crippen molar-refractivity contribution >= 4 is 45.7 Å². The molecule has 0 unspecified atom stereocenters. The lowest BCUT2D eigenvalue weighted by atomic mass is 10.1. The topological polar surface area (TPSA) is 71.1 Å². The van der Waals surface area contributed by atoms with Crippen LogP contribution in [0.5, 0.6) is 0 Å². The van der Waals surface area contributed by atoms with Crippen molar-refractivity contribution in [3.8, 4) is 0 Å². The van der Waals surface area contributed by atoms with Crippen LogP contribution in [0.1, 0.15) is 17.3 Å². The van der Waals surface area contributed by atoms with Crippen LogP contribution in [0.2, 0.25) is 5.15 Å². The second kappa shape index (κ2) is 6.68. The minimum absolute atomic E-state index is 0.148. The molecule has 0 atom stereocenters. The maximum Gasteiger partial charge on any atom is 0.256 e. The Morgan fingerprint density at radius 1 is 0.958 bits per heavy atom. The number of rotatable bonds is 3. The van der Waals surface area contributed by atoms with Gasteiger partial charge in [0.15, 0.2) is 0 Å². The Morgan fingerprint density at radius 2 is 1.58 bits per heavy atom. The Morgan fingerprint density at radius 3 is 2.25 bits per heavy atom. The molecule has 0 aliphatic heterocycles. The number of anilines is 2. The van der Waals surface area contributed by atoms with Crippen LogP contribution in [0.15, 0.2) is 54.6 Å². The molecule has 1 aromatic heterocycles. The van der Waals surface area contributed by atoms with Crippen molar-refractivity contribution in [2.24, 2.45) is 0 Å². The number of fused-ring (bicyclic) bond motifs is 1. The van der Waals surface area contributed by atoms with Gasteiger partial charge in [-0.2, -0.15) is 0 Å². The van der Waals surface area contributed by atoms with Crippen LogP contribution in [0.4, 0.5) is 11.4 Å².